The van der Waals surface area contributed by atoms with Crippen LogP contribution < -0.4 is 14.8 Å². The van der Waals surface area contributed by atoms with Crippen molar-refractivity contribution in [2.24, 2.45) is 0 Å². The molecule has 196 valence electrons. The van der Waals surface area contributed by atoms with Gasteiger partial charge in [-0.2, -0.15) is 5.06 Å². The first-order valence-corrected chi connectivity index (χ1v) is 13.8. The number of rotatable bonds is 10. The minimum Gasteiger partial charge on any atom is -0.496 e. The molecule has 0 atom stereocenters. The molecule has 0 spiro atoms. The van der Waals surface area contributed by atoms with Gasteiger partial charge < -0.3 is 10.1 Å². The van der Waals surface area contributed by atoms with E-state index in [2.05, 4.69) is 10.0 Å². The number of benzene rings is 2. The third kappa shape index (κ3) is 7.35. The maximum atomic E-state index is 12.8. The van der Waals surface area contributed by atoms with Crippen molar-refractivity contribution >= 4 is 33.6 Å². The van der Waals surface area contributed by atoms with E-state index < -0.39 is 16.1 Å². The summed E-state index contributed by atoms with van der Waals surface area (Å²) in [5, 5.41) is 4.40. The molecule has 1 saturated carbocycles. The largest absolute Gasteiger partial charge is 0.496 e. The summed E-state index contributed by atoms with van der Waals surface area (Å²) in [6, 6.07) is 10.0. The average Bonchev–Trinajstić information content (AvgIpc) is 2.87. The molecule has 0 aliphatic heterocycles. The second-order valence-electron chi connectivity index (χ2n) is 8.44. The van der Waals surface area contributed by atoms with Crippen molar-refractivity contribution in [2.75, 3.05) is 20.3 Å². The van der Waals surface area contributed by atoms with Crippen LogP contribution in [0.4, 0.5) is 4.79 Å². The SMILES string of the molecule is CCON(C(=O)NS(=O)(=O)c1ccc(CCNC(=O)c2cc(Cl)ccc2OC)cc1)C1CCCCC1. The number of carbonyl (C=O) groups excluding carboxylic acids is 2. The number of hydrogen-bond donors (Lipinski definition) is 2. The molecule has 0 radical (unpaired) electrons. The summed E-state index contributed by atoms with van der Waals surface area (Å²) in [5.41, 5.74) is 1.15. The van der Waals surface area contributed by atoms with Gasteiger partial charge in [0.1, 0.15) is 5.75 Å². The Balaban J connectivity index is 1.57. The van der Waals surface area contributed by atoms with Crippen molar-refractivity contribution in [1.29, 1.82) is 0 Å². The molecule has 2 aromatic rings. The van der Waals surface area contributed by atoms with E-state index in [1.165, 1.54) is 30.4 Å². The van der Waals surface area contributed by atoms with Crippen LogP contribution >= 0.6 is 11.6 Å². The number of ether oxygens (including phenoxy) is 1. The Morgan fingerprint density at radius 2 is 1.78 bits per heavy atom. The molecule has 1 fully saturated rings. The lowest BCUT2D eigenvalue weighted by Gasteiger charge is -2.32. The number of hydrogen-bond acceptors (Lipinski definition) is 6. The van der Waals surface area contributed by atoms with Gasteiger partial charge in [0.2, 0.25) is 0 Å². The summed E-state index contributed by atoms with van der Waals surface area (Å²) in [7, 11) is -2.60. The van der Waals surface area contributed by atoms with Gasteiger partial charge in [0.15, 0.2) is 0 Å². The lowest BCUT2D eigenvalue weighted by molar-refractivity contribution is -0.144. The highest BCUT2D eigenvalue weighted by Crippen LogP contribution is 2.24. The van der Waals surface area contributed by atoms with Crippen molar-refractivity contribution in [1.82, 2.24) is 15.1 Å². The molecule has 2 aromatic carbocycles. The molecule has 0 aromatic heterocycles. The van der Waals surface area contributed by atoms with Crippen LogP contribution in [0.15, 0.2) is 47.4 Å². The van der Waals surface area contributed by atoms with Crippen LogP contribution in [0.3, 0.4) is 0 Å². The first-order chi connectivity index (χ1) is 17.2. The first kappa shape index (κ1) is 27.8. The third-order valence-corrected chi connectivity index (χ3v) is 7.51. The number of amides is 3. The molecular weight excluding hydrogens is 506 g/mol. The predicted molar refractivity (Wildman–Crippen MR) is 137 cm³/mol. The fraction of sp³-hybridized carbons (Fsp3) is 0.440. The van der Waals surface area contributed by atoms with E-state index in [1.807, 2.05) is 0 Å². The number of urea groups is 1. The zero-order chi connectivity index (χ0) is 26.1. The summed E-state index contributed by atoms with van der Waals surface area (Å²) in [5.74, 6) is 0.0907. The first-order valence-electron chi connectivity index (χ1n) is 11.9. The Morgan fingerprint density at radius 1 is 1.08 bits per heavy atom. The van der Waals surface area contributed by atoms with Crippen molar-refractivity contribution in [3.05, 3.63) is 58.6 Å². The normalized spacial score (nSPS) is 14.2. The van der Waals surface area contributed by atoms with Crippen LogP contribution in [0.25, 0.3) is 0 Å². The molecule has 3 rings (SSSR count). The molecule has 0 saturated heterocycles. The molecule has 0 heterocycles. The fourth-order valence-corrected chi connectivity index (χ4v) is 5.22. The van der Waals surface area contributed by atoms with Crippen LogP contribution in [0.5, 0.6) is 5.75 Å². The van der Waals surface area contributed by atoms with Gasteiger partial charge in [0.25, 0.3) is 15.9 Å². The van der Waals surface area contributed by atoms with Crippen LogP contribution in [0.2, 0.25) is 5.02 Å². The summed E-state index contributed by atoms with van der Waals surface area (Å²) in [6.45, 7) is 2.34. The van der Waals surface area contributed by atoms with Gasteiger partial charge in [-0.1, -0.05) is 43.0 Å². The maximum absolute atomic E-state index is 12.8. The smallest absolute Gasteiger partial charge is 0.355 e. The Hall–Kier alpha value is -2.82. The monoisotopic (exact) mass is 537 g/mol. The minimum atomic E-state index is -4.08. The van der Waals surface area contributed by atoms with Crippen LogP contribution in [-0.2, 0) is 21.3 Å². The molecule has 0 unspecified atom stereocenters. The highest BCUT2D eigenvalue weighted by molar-refractivity contribution is 7.90. The second kappa shape index (κ2) is 12.9. The highest BCUT2D eigenvalue weighted by atomic mass is 35.5. The quantitative estimate of drug-likeness (QED) is 0.437. The standard InChI is InChI=1S/C25H32ClN3O6S/c1-3-35-29(20-7-5-4-6-8-20)25(31)28-36(32,33)21-12-9-18(10-13-21)15-16-27-24(30)22-17-19(26)11-14-23(22)34-2/h9-14,17,20H,3-8,15-16H2,1-2H3,(H,27,30)(H,28,31). The number of methoxy groups -OCH3 is 1. The molecule has 1 aliphatic carbocycles. The van der Waals surface area contributed by atoms with Gasteiger partial charge in [0, 0.05) is 11.6 Å². The van der Waals surface area contributed by atoms with Gasteiger partial charge in [-0.25, -0.2) is 17.9 Å². The van der Waals surface area contributed by atoms with Gasteiger partial charge in [0.05, 0.1) is 30.2 Å². The maximum Gasteiger partial charge on any atom is 0.355 e. The van der Waals surface area contributed by atoms with Gasteiger partial charge in [-0.3, -0.25) is 9.63 Å². The number of halogens is 1. The summed E-state index contributed by atoms with van der Waals surface area (Å²) in [4.78, 5) is 30.7. The molecule has 9 nitrogen and oxygen atoms in total. The Kier molecular flexibility index (Phi) is 9.98. The van der Waals surface area contributed by atoms with Gasteiger partial charge >= 0.3 is 6.03 Å². The lowest BCUT2D eigenvalue weighted by atomic mass is 9.95. The molecule has 36 heavy (non-hydrogen) atoms. The van der Waals surface area contributed by atoms with Crippen molar-refractivity contribution in [3.8, 4) is 5.75 Å². The van der Waals surface area contributed by atoms with Crippen LogP contribution in [0, 0.1) is 0 Å². The molecule has 0 bridgehead atoms. The molecule has 2 N–H and O–H groups in total. The number of hydroxylamine groups is 2. The number of carbonyl (C=O) groups is 2. The summed E-state index contributed by atoms with van der Waals surface area (Å²) >= 11 is 5.98. The fourth-order valence-electron chi connectivity index (χ4n) is 4.11. The van der Waals surface area contributed by atoms with E-state index in [9.17, 15) is 18.0 Å². The van der Waals surface area contributed by atoms with Gasteiger partial charge in [-0.05, 0) is 62.1 Å². The van der Waals surface area contributed by atoms with Crippen molar-refractivity contribution in [3.63, 3.8) is 0 Å². The number of sulfonamides is 1. The van der Waals surface area contributed by atoms with E-state index in [4.69, 9.17) is 21.2 Å². The van der Waals surface area contributed by atoms with Crippen molar-refractivity contribution < 1.29 is 27.6 Å². The average molecular weight is 538 g/mol. The van der Waals surface area contributed by atoms with Crippen molar-refractivity contribution in [2.45, 2.75) is 56.4 Å². The minimum absolute atomic E-state index is 0.0348. The number of nitrogens with one attached hydrogen (secondary N) is 2. The molecular formula is C25H32ClN3O6S. The zero-order valence-corrected chi connectivity index (χ0v) is 22.0. The Morgan fingerprint density at radius 3 is 2.42 bits per heavy atom. The van der Waals surface area contributed by atoms with Crippen LogP contribution in [-0.4, -0.2) is 51.7 Å². The Labute approximate surface area is 217 Å². The number of nitrogens with zero attached hydrogens (tertiary/aromatic N) is 1. The Bertz CT molecular complexity index is 1150. The van der Waals surface area contributed by atoms with E-state index in [0.29, 0.717) is 29.3 Å². The molecule has 1 aliphatic rings. The molecule has 11 heteroatoms. The zero-order valence-electron chi connectivity index (χ0n) is 20.5. The topological polar surface area (TPSA) is 114 Å². The van der Waals surface area contributed by atoms with E-state index in [1.54, 1.807) is 31.2 Å². The summed E-state index contributed by atoms with van der Waals surface area (Å²) in [6.07, 6.45) is 5.08. The predicted octanol–water partition coefficient (Wildman–Crippen LogP) is 4.31. The molecule has 3 amide bonds. The van der Waals surface area contributed by atoms with E-state index in [0.717, 1.165) is 37.7 Å². The van der Waals surface area contributed by atoms with Gasteiger partial charge in [-0.15, -0.1) is 0 Å². The van der Waals surface area contributed by atoms with E-state index >= 15 is 0 Å². The second-order valence-corrected chi connectivity index (χ2v) is 10.6. The van der Waals surface area contributed by atoms with Crippen LogP contribution in [0.1, 0.15) is 54.9 Å². The third-order valence-electron chi connectivity index (χ3n) is 5.94. The van der Waals surface area contributed by atoms with E-state index in [-0.39, 0.29) is 23.5 Å². The lowest BCUT2D eigenvalue weighted by Crippen LogP contribution is -2.48. The highest BCUT2D eigenvalue weighted by Gasteiger charge is 2.29. The summed E-state index contributed by atoms with van der Waals surface area (Å²) < 4.78 is 32.9.